The molecule has 0 heterocycles. The average Bonchev–Trinajstić information content (AvgIpc) is 2.90. The van der Waals surface area contributed by atoms with Gasteiger partial charge in [-0.25, -0.2) is 4.79 Å². The second kappa shape index (κ2) is 17.8. The predicted octanol–water partition coefficient (Wildman–Crippen LogP) is -3.32. The van der Waals surface area contributed by atoms with Crippen LogP contribution in [0.5, 0.6) is 0 Å². The molecule has 41 heavy (non-hydrogen) atoms. The smallest absolute Gasteiger partial charge is 0.326 e. The van der Waals surface area contributed by atoms with E-state index in [0.717, 1.165) is 0 Å². The summed E-state index contributed by atoms with van der Waals surface area (Å²) in [5.74, 6) is -5.35. The maximum Gasteiger partial charge on any atom is 0.326 e. The molecule has 1 rings (SSSR count). The standard InChI is InChI=1S/C25H39N9O7/c26-15(7-4-12-31-25(29)30)21(37)32-16(8-10-19(27)35)22(38)34-18(13-14-5-2-1-3-6-14)23(39)33-17(24(40)41)9-11-20(28)36/h1-3,5-6,15-18H,4,7-13,26H2,(H2,27,35)(H2,28,36)(H,32,37)(H,33,39)(H,34,38)(H,40,41)(H4,29,30,31). The van der Waals surface area contributed by atoms with E-state index in [4.69, 9.17) is 28.7 Å². The van der Waals surface area contributed by atoms with Crippen molar-refractivity contribution < 1.29 is 33.9 Å². The number of amides is 5. The van der Waals surface area contributed by atoms with E-state index in [1.807, 2.05) is 0 Å². The summed E-state index contributed by atoms with van der Waals surface area (Å²) in [6.07, 6.45) is -0.480. The van der Waals surface area contributed by atoms with Gasteiger partial charge < -0.3 is 49.7 Å². The van der Waals surface area contributed by atoms with Crippen LogP contribution in [-0.4, -0.2) is 77.3 Å². The van der Waals surface area contributed by atoms with Crippen molar-refractivity contribution in [3.8, 4) is 0 Å². The van der Waals surface area contributed by atoms with E-state index in [2.05, 4.69) is 20.9 Å². The Bertz CT molecular complexity index is 1090. The molecule has 0 aliphatic rings. The Hall–Kier alpha value is -4.73. The van der Waals surface area contributed by atoms with Crippen molar-refractivity contribution in [1.29, 1.82) is 0 Å². The molecule has 0 fully saturated rings. The zero-order valence-electron chi connectivity index (χ0n) is 22.6. The van der Waals surface area contributed by atoms with Gasteiger partial charge in [0.1, 0.15) is 18.1 Å². The summed E-state index contributed by atoms with van der Waals surface area (Å²) >= 11 is 0. The minimum Gasteiger partial charge on any atom is -0.480 e. The number of guanidine groups is 1. The third-order valence-corrected chi connectivity index (χ3v) is 5.83. The molecule has 0 saturated heterocycles. The highest BCUT2D eigenvalue weighted by Gasteiger charge is 2.30. The Morgan fingerprint density at radius 3 is 1.78 bits per heavy atom. The Morgan fingerprint density at radius 1 is 0.732 bits per heavy atom. The van der Waals surface area contributed by atoms with Crippen LogP contribution >= 0.6 is 0 Å². The highest BCUT2D eigenvalue weighted by molar-refractivity contribution is 5.94. The van der Waals surface area contributed by atoms with Crippen LogP contribution in [0.2, 0.25) is 0 Å². The van der Waals surface area contributed by atoms with E-state index in [0.29, 0.717) is 12.0 Å². The number of carbonyl (C=O) groups is 6. The fraction of sp³-hybridized carbons (Fsp3) is 0.480. The number of carboxylic acids is 1. The number of rotatable bonds is 19. The first-order valence-corrected chi connectivity index (χ1v) is 12.9. The Labute approximate surface area is 236 Å². The van der Waals surface area contributed by atoms with Gasteiger partial charge in [-0.05, 0) is 31.2 Å². The molecule has 0 aliphatic carbocycles. The van der Waals surface area contributed by atoms with Crippen molar-refractivity contribution in [3.05, 3.63) is 35.9 Å². The van der Waals surface area contributed by atoms with E-state index < -0.39 is 59.7 Å². The lowest BCUT2D eigenvalue weighted by atomic mass is 10.0. The van der Waals surface area contributed by atoms with E-state index in [-0.39, 0.29) is 51.0 Å². The quantitative estimate of drug-likeness (QED) is 0.0447. The predicted molar refractivity (Wildman–Crippen MR) is 148 cm³/mol. The van der Waals surface area contributed by atoms with Crippen LogP contribution in [0.1, 0.15) is 44.1 Å². The van der Waals surface area contributed by atoms with Crippen molar-refractivity contribution in [2.24, 2.45) is 33.7 Å². The fourth-order valence-corrected chi connectivity index (χ4v) is 3.63. The third kappa shape index (κ3) is 14.3. The number of primary amides is 2. The summed E-state index contributed by atoms with van der Waals surface area (Å²) in [7, 11) is 0. The highest BCUT2D eigenvalue weighted by atomic mass is 16.4. The highest BCUT2D eigenvalue weighted by Crippen LogP contribution is 2.08. The number of carboxylic acid groups (broad SMARTS) is 1. The van der Waals surface area contributed by atoms with Gasteiger partial charge in [0.05, 0.1) is 6.04 Å². The second-order valence-corrected chi connectivity index (χ2v) is 9.28. The van der Waals surface area contributed by atoms with Crippen LogP contribution in [0, 0.1) is 0 Å². The number of hydrogen-bond donors (Lipinski definition) is 9. The number of aliphatic imine (C=N–C) groups is 1. The number of aliphatic carboxylic acids is 1. The lowest BCUT2D eigenvalue weighted by molar-refractivity contribution is -0.142. The second-order valence-electron chi connectivity index (χ2n) is 9.28. The Balaban J connectivity index is 3.09. The van der Waals surface area contributed by atoms with Crippen LogP contribution in [0.15, 0.2) is 35.3 Å². The van der Waals surface area contributed by atoms with Gasteiger partial charge in [-0.3, -0.25) is 29.0 Å². The molecule has 1 aromatic rings. The number of hydrogen-bond acceptors (Lipinski definition) is 8. The van der Waals surface area contributed by atoms with Crippen LogP contribution in [0.4, 0.5) is 0 Å². The van der Waals surface area contributed by atoms with Crippen LogP contribution < -0.4 is 44.6 Å². The molecule has 0 aromatic heterocycles. The van der Waals surface area contributed by atoms with E-state index in [1.165, 1.54) is 0 Å². The molecule has 0 aliphatic heterocycles. The van der Waals surface area contributed by atoms with Gasteiger partial charge >= 0.3 is 5.97 Å². The third-order valence-electron chi connectivity index (χ3n) is 5.83. The molecular formula is C25H39N9O7. The molecule has 0 spiro atoms. The minimum atomic E-state index is -1.45. The molecule has 0 bridgehead atoms. The molecular weight excluding hydrogens is 538 g/mol. The molecule has 5 amide bonds. The number of nitrogens with two attached hydrogens (primary N) is 5. The molecule has 1 aromatic carbocycles. The summed E-state index contributed by atoms with van der Waals surface area (Å²) < 4.78 is 0. The SMILES string of the molecule is NC(=O)CCC(NC(=O)C(Cc1ccccc1)NC(=O)C(CCC(N)=O)NC(=O)C(N)CCCN=C(N)N)C(=O)O. The van der Waals surface area contributed by atoms with Crippen molar-refractivity contribution in [2.75, 3.05) is 6.54 Å². The number of nitrogens with one attached hydrogen (secondary N) is 3. The minimum absolute atomic E-state index is 0.0403. The Kier molecular flexibility index (Phi) is 14.9. The van der Waals surface area contributed by atoms with Gasteiger partial charge in [-0.15, -0.1) is 0 Å². The first-order chi connectivity index (χ1) is 19.3. The van der Waals surface area contributed by atoms with Crippen molar-refractivity contribution in [2.45, 2.75) is 69.1 Å². The molecule has 4 atom stereocenters. The Morgan fingerprint density at radius 2 is 1.24 bits per heavy atom. The number of benzene rings is 1. The summed E-state index contributed by atoms with van der Waals surface area (Å²) in [5, 5.41) is 16.8. The normalized spacial score (nSPS) is 13.5. The lowest BCUT2D eigenvalue weighted by Crippen LogP contribution is -2.57. The van der Waals surface area contributed by atoms with Gasteiger partial charge in [0.2, 0.25) is 29.5 Å². The molecule has 226 valence electrons. The van der Waals surface area contributed by atoms with Gasteiger partial charge in [0.15, 0.2) is 5.96 Å². The fourth-order valence-electron chi connectivity index (χ4n) is 3.63. The van der Waals surface area contributed by atoms with Crippen LogP contribution in [-0.2, 0) is 35.2 Å². The summed E-state index contributed by atoms with van der Waals surface area (Å²) in [6, 6.07) is 3.50. The molecule has 16 nitrogen and oxygen atoms in total. The molecule has 0 saturated carbocycles. The molecule has 4 unspecified atom stereocenters. The van der Waals surface area contributed by atoms with Gasteiger partial charge in [0, 0.05) is 25.8 Å². The molecule has 0 radical (unpaired) electrons. The van der Waals surface area contributed by atoms with Crippen molar-refractivity contribution in [3.63, 3.8) is 0 Å². The summed E-state index contributed by atoms with van der Waals surface area (Å²) in [6.45, 7) is 0.238. The first kappa shape index (κ1) is 34.3. The average molecular weight is 578 g/mol. The van der Waals surface area contributed by atoms with Crippen molar-refractivity contribution in [1.82, 2.24) is 16.0 Å². The zero-order chi connectivity index (χ0) is 30.9. The summed E-state index contributed by atoms with van der Waals surface area (Å²) in [5.41, 5.74) is 27.4. The van der Waals surface area contributed by atoms with E-state index in [1.54, 1.807) is 30.3 Å². The zero-order valence-corrected chi connectivity index (χ0v) is 22.6. The van der Waals surface area contributed by atoms with Crippen LogP contribution in [0.25, 0.3) is 0 Å². The van der Waals surface area contributed by atoms with Crippen molar-refractivity contribution >= 4 is 41.5 Å². The number of carbonyl (C=O) groups excluding carboxylic acids is 5. The maximum atomic E-state index is 13.3. The van der Waals surface area contributed by atoms with E-state index in [9.17, 15) is 33.9 Å². The monoisotopic (exact) mass is 577 g/mol. The van der Waals surface area contributed by atoms with Gasteiger partial charge in [-0.2, -0.15) is 0 Å². The number of nitrogens with zero attached hydrogens (tertiary/aromatic N) is 1. The topological polar surface area (TPSA) is 301 Å². The van der Waals surface area contributed by atoms with Crippen LogP contribution in [0.3, 0.4) is 0 Å². The molecule has 16 heteroatoms. The maximum absolute atomic E-state index is 13.3. The lowest BCUT2D eigenvalue weighted by Gasteiger charge is -2.25. The van der Waals surface area contributed by atoms with E-state index >= 15 is 0 Å². The van der Waals surface area contributed by atoms with Gasteiger partial charge in [-0.1, -0.05) is 30.3 Å². The first-order valence-electron chi connectivity index (χ1n) is 12.9. The largest absolute Gasteiger partial charge is 0.480 e. The summed E-state index contributed by atoms with van der Waals surface area (Å²) in [4.78, 5) is 77.1. The van der Waals surface area contributed by atoms with Gasteiger partial charge in [0.25, 0.3) is 0 Å². The molecule has 14 N–H and O–H groups in total.